The lowest BCUT2D eigenvalue weighted by molar-refractivity contribution is 0.104. The summed E-state index contributed by atoms with van der Waals surface area (Å²) in [6.45, 7) is 1.92. The summed E-state index contributed by atoms with van der Waals surface area (Å²) < 4.78 is 27.3. The number of nitrogens with zero attached hydrogens (tertiary/aromatic N) is 2. The number of carbonyl (C=O) groups excluding carboxylic acids is 1. The van der Waals surface area contributed by atoms with Crippen molar-refractivity contribution < 1.29 is 13.2 Å². The number of halogens is 1. The van der Waals surface area contributed by atoms with E-state index >= 15 is 0 Å². The second kappa shape index (κ2) is 9.17. The predicted octanol–water partition coefficient (Wildman–Crippen LogP) is 4.36. The molecule has 0 saturated heterocycles. The Hall–Kier alpha value is -2.75. The van der Waals surface area contributed by atoms with Crippen molar-refractivity contribution >= 4 is 49.6 Å². The standard InChI is InChI=1S/C19H17ClN4O3S2/c1-2-18-22-23-19(28-18)24-29(26,27)16-9-7-15(8-10-16)21-12-11-17(25)13-3-5-14(20)6-4-13/h3-12,21H,2H2,1H3,(H,23,24)/b12-11+. The summed E-state index contributed by atoms with van der Waals surface area (Å²) in [5.41, 5.74) is 1.15. The molecule has 0 aliphatic heterocycles. The van der Waals surface area contributed by atoms with E-state index in [0.29, 0.717) is 22.7 Å². The summed E-state index contributed by atoms with van der Waals surface area (Å²) in [7, 11) is -3.75. The van der Waals surface area contributed by atoms with Crippen LogP contribution in [0.25, 0.3) is 0 Å². The Morgan fingerprint density at radius 2 is 1.79 bits per heavy atom. The van der Waals surface area contributed by atoms with Crippen molar-refractivity contribution in [3.8, 4) is 0 Å². The zero-order valence-corrected chi connectivity index (χ0v) is 17.7. The van der Waals surface area contributed by atoms with Gasteiger partial charge in [0.15, 0.2) is 5.78 Å². The van der Waals surface area contributed by atoms with E-state index in [2.05, 4.69) is 20.2 Å². The second-order valence-electron chi connectivity index (χ2n) is 5.83. The van der Waals surface area contributed by atoms with Crippen LogP contribution >= 0.6 is 22.9 Å². The minimum Gasteiger partial charge on any atom is -0.362 e. The van der Waals surface area contributed by atoms with Crippen molar-refractivity contribution in [1.82, 2.24) is 10.2 Å². The average molecular weight is 449 g/mol. The molecule has 2 aromatic carbocycles. The average Bonchev–Trinajstić information content (AvgIpc) is 3.15. The molecule has 0 fully saturated rings. The molecule has 0 aliphatic rings. The first-order valence-corrected chi connectivity index (χ1v) is 11.2. The quantitative estimate of drug-likeness (QED) is 0.392. The van der Waals surface area contributed by atoms with Crippen molar-refractivity contribution in [3.05, 3.63) is 76.4 Å². The van der Waals surface area contributed by atoms with E-state index in [-0.39, 0.29) is 15.8 Å². The van der Waals surface area contributed by atoms with Crippen LogP contribution in [0.2, 0.25) is 5.02 Å². The molecular weight excluding hydrogens is 432 g/mol. The van der Waals surface area contributed by atoms with Crippen molar-refractivity contribution in [1.29, 1.82) is 0 Å². The number of ketones is 1. The predicted molar refractivity (Wildman–Crippen MR) is 115 cm³/mol. The first-order valence-electron chi connectivity index (χ1n) is 8.55. The van der Waals surface area contributed by atoms with Gasteiger partial charge in [0.05, 0.1) is 4.90 Å². The van der Waals surface area contributed by atoms with Crippen molar-refractivity contribution in [2.75, 3.05) is 10.0 Å². The molecule has 150 valence electrons. The van der Waals surface area contributed by atoms with Crippen LogP contribution < -0.4 is 10.0 Å². The summed E-state index contributed by atoms with van der Waals surface area (Å²) >= 11 is 7.00. The highest BCUT2D eigenvalue weighted by atomic mass is 35.5. The van der Waals surface area contributed by atoms with E-state index in [1.807, 2.05) is 6.92 Å². The van der Waals surface area contributed by atoms with Gasteiger partial charge in [-0.3, -0.25) is 9.52 Å². The lowest BCUT2D eigenvalue weighted by Gasteiger charge is -2.06. The van der Waals surface area contributed by atoms with Crippen LogP contribution in [-0.4, -0.2) is 24.4 Å². The Balaban J connectivity index is 1.61. The number of benzene rings is 2. The number of rotatable bonds is 8. The Morgan fingerprint density at radius 1 is 1.10 bits per heavy atom. The molecule has 0 radical (unpaired) electrons. The number of sulfonamides is 1. The lowest BCUT2D eigenvalue weighted by atomic mass is 10.1. The molecule has 0 bridgehead atoms. The maximum atomic E-state index is 12.4. The van der Waals surface area contributed by atoms with Gasteiger partial charge in [-0.25, -0.2) is 8.42 Å². The van der Waals surface area contributed by atoms with Gasteiger partial charge in [0.1, 0.15) is 5.01 Å². The van der Waals surface area contributed by atoms with Crippen LogP contribution in [0.3, 0.4) is 0 Å². The highest BCUT2D eigenvalue weighted by Gasteiger charge is 2.16. The number of hydrogen-bond acceptors (Lipinski definition) is 7. The van der Waals surface area contributed by atoms with Gasteiger partial charge in [0, 0.05) is 28.5 Å². The normalized spacial score (nSPS) is 11.5. The Labute approximate surface area is 177 Å². The molecule has 7 nitrogen and oxygen atoms in total. The molecule has 0 amide bonds. The molecule has 0 atom stereocenters. The van der Waals surface area contributed by atoms with E-state index in [1.165, 1.54) is 35.7 Å². The fraction of sp³-hybridized carbons (Fsp3) is 0.105. The van der Waals surface area contributed by atoms with Gasteiger partial charge in [-0.05, 0) is 55.0 Å². The molecular formula is C19H17ClN4O3S2. The summed E-state index contributed by atoms with van der Waals surface area (Å²) in [5, 5.41) is 12.2. The number of aromatic nitrogens is 2. The van der Waals surface area contributed by atoms with Gasteiger partial charge < -0.3 is 5.32 Å². The van der Waals surface area contributed by atoms with E-state index in [9.17, 15) is 13.2 Å². The molecule has 29 heavy (non-hydrogen) atoms. The van der Waals surface area contributed by atoms with E-state index in [0.717, 1.165) is 5.01 Å². The molecule has 1 heterocycles. The molecule has 0 spiro atoms. The van der Waals surface area contributed by atoms with Crippen LogP contribution in [-0.2, 0) is 16.4 Å². The monoisotopic (exact) mass is 448 g/mol. The highest BCUT2D eigenvalue weighted by molar-refractivity contribution is 7.93. The number of carbonyl (C=O) groups is 1. The van der Waals surface area contributed by atoms with Crippen LogP contribution in [0.1, 0.15) is 22.3 Å². The van der Waals surface area contributed by atoms with Gasteiger partial charge >= 0.3 is 0 Å². The van der Waals surface area contributed by atoms with Crippen LogP contribution in [0.15, 0.2) is 65.7 Å². The number of hydrogen-bond donors (Lipinski definition) is 2. The van der Waals surface area contributed by atoms with Gasteiger partial charge in [-0.2, -0.15) is 0 Å². The first kappa shape index (κ1) is 21.0. The maximum Gasteiger partial charge on any atom is 0.263 e. The molecule has 0 aliphatic carbocycles. The number of aryl methyl sites for hydroxylation is 1. The summed E-state index contributed by atoms with van der Waals surface area (Å²) in [6.07, 6.45) is 3.57. The third-order valence-electron chi connectivity index (χ3n) is 3.77. The topological polar surface area (TPSA) is 101 Å². The van der Waals surface area contributed by atoms with Crippen molar-refractivity contribution in [3.63, 3.8) is 0 Å². The molecule has 2 N–H and O–H groups in total. The Morgan fingerprint density at radius 3 is 2.41 bits per heavy atom. The number of anilines is 2. The van der Waals surface area contributed by atoms with E-state index in [1.54, 1.807) is 36.4 Å². The van der Waals surface area contributed by atoms with Crippen molar-refractivity contribution in [2.45, 2.75) is 18.2 Å². The lowest BCUT2D eigenvalue weighted by Crippen LogP contribution is -2.12. The molecule has 0 saturated carbocycles. The van der Waals surface area contributed by atoms with Gasteiger partial charge in [-0.1, -0.05) is 29.9 Å². The van der Waals surface area contributed by atoms with Gasteiger partial charge in [-0.15, -0.1) is 10.2 Å². The fourth-order valence-corrected chi connectivity index (χ4v) is 4.30. The molecule has 3 rings (SSSR count). The molecule has 10 heteroatoms. The molecule has 1 aromatic heterocycles. The summed E-state index contributed by atoms with van der Waals surface area (Å²) in [4.78, 5) is 12.2. The van der Waals surface area contributed by atoms with Crippen LogP contribution in [0.5, 0.6) is 0 Å². The minimum atomic E-state index is -3.75. The number of allylic oxidation sites excluding steroid dienone is 1. The van der Waals surface area contributed by atoms with Crippen molar-refractivity contribution in [2.24, 2.45) is 0 Å². The van der Waals surface area contributed by atoms with Gasteiger partial charge in [0.25, 0.3) is 10.0 Å². The first-order chi connectivity index (χ1) is 13.9. The largest absolute Gasteiger partial charge is 0.362 e. The van der Waals surface area contributed by atoms with Crippen LogP contribution in [0, 0.1) is 0 Å². The molecule has 0 unspecified atom stereocenters. The van der Waals surface area contributed by atoms with Crippen LogP contribution in [0.4, 0.5) is 10.8 Å². The maximum absolute atomic E-state index is 12.4. The zero-order chi connectivity index (χ0) is 20.9. The number of nitrogens with one attached hydrogen (secondary N) is 2. The van der Waals surface area contributed by atoms with E-state index < -0.39 is 10.0 Å². The third-order valence-corrected chi connectivity index (χ3v) is 6.49. The van der Waals surface area contributed by atoms with Gasteiger partial charge in [0.2, 0.25) is 5.13 Å². The SMILES string of the molecule is CCc1nnc(NS(=O)(=O)c2ccc(N/C=C/C(=O)c3ccc(Cl)cc3)cc2)s1. The Bertz CT molecular complexity index is 1130. The molecule has 3 aromatic rings. The third kappa shape index (κ3) is 5.63. The highest BCUT2D eigenvalue weighted by Crippen LogP contribution is 2.21. The summed E-state index contributed by atoms with van der Waals surface area (Å²) in [5.74, 6) is -0.180. The second-order valence-corrected chi connectivity index (χ2v) is 9.01. The Kier molecular flexibility index (Phi) is 6.63. The zero-order valence-electron chi connectivity index (χ0n) is 15.3. The fourth-order valence-electron chi connectivity index (χ4n) is 2.27. The minimum absolute atomic E-state index is 0.0949. The smallest absolute Gasteiger partial charge is 0.263 e. The summed E-state index contributed by atoms with van der Waals surface area (Å²) in [6, 6.07) is 12.7. The van der Waals surface area contributed by atoms with E-state index in [4.69, 9.17) is 11.6 Å².